The summed E-state index contributed by atoms with van der Waals surface area (Å²) >= 11 is 1.70. The van der Waals surface area contributed by atoms with Gasteiger partial charge in [0.15, 0.2) is 0 Å². The number of thiazole rings is 1. The molecule has 1 unspecified atom stereocenters. The number of cyclic esters (lactones) is 1. The van der Waals surface area contributed by atoms with Crippen LogP contribution in [0.2, 0.25) is 0 Å². The lowest BCUT2D eigenvalue weighted by atomic mass is 9.99. The zero-order valence-corrected chi connectivity index (χ0v) is 14.3. The van der Waals surface area contributed by atoms with Crippen molar-refractivity contribution in [3.8, 4) is 0 Å². The molecule has 2 saturated heterocycles. The molecule has 0 N–H and O–H groups in total. The second-order valence-corrected chi connectivity index (χ2v) is 7.32. The predicted molar refractivity (Wildman–Crippen MR) is 92.8 cm³/mol. The number of carbonyl (C=O) groups is 1. The molecule has 1 aromatic heterocycles. The third kappa shape index (κ3) is 3.16. The van der Waals surface area contributed by atoms with Gasteiger partial charge in [-0.25, -0.2) is 9.78 Å². The zero-order chi connectivity index (χ0) is 16.4. The number of piperidine rings is 1. The van der Waals surface area contributed by atoms with Gasteiger partial charge in [0.2, 0.25) is 0 Å². The monoisotopic (exact) mass is 343 g/mol. The molecule has 0 aliphatic carbocycles. The highest BCUT2D eigenvalue weighted by molar-refractivity contribution is 7.09. The number of hydrogen-bond acceptors (Lipinski definition) is 5. The van der Waals surface area contributed by atoms with Crippen molar-refractivity contribution in [3.05, 3.63) is 52.5 Å². The number of hydrogen-bond donors (Lipinski definition) is 0. The number of benzene rings is 1. The summed E-state index contributed by atoms with van der Waals surface area (Å²) in [5.74, 6) is 0. The van der Waals surface area contributed by atoms with Crippen LogP contribution >= 0.6 is 11.3 Å². The summed E-state index contributed by atoms with van der Waals surface area (Å²) < 4.78 is 5.36. The maximum atomic E-state index is 12.3. The van der Waals surface area contributed by atoms with Gasteiger partial charge in [-0.1, -0.05) is 30.3 Å². The minimum atomic E-state index is -0.165. The molecular weight excluding hydrogens is 322 g/mol. The first kappa shape index (κ1) is 15.6. The average molecular weight is 343 g/mol. The van der Waals surface area contributed by atoms with E-state index in [0.29, 0.717) is 6.61 Å². The number of amides is 1. The van der Waals surface area contributed by atoms with Gasteiger partial charge in [0, 0.05) is 30.7 Å². The molecular formula is C18H21N3O2S. The molecule has 2 aromatic rings. The van der Waals surface area contributed by atoms with Crippen LogP contribution in [0.1, 0.15) is 29.5 Å². The topological polar surface area (TPSA) is 45.7 Å². The molecule has 2 aliphatic rings. The molecule has 0 bridgehead atoms. The van der Waals surface area contributed by atoms with E-state index in [1.807, 2.05) is 34.7 Å². The summed E-state index contributed by atoms with van der Waals surface area (Å²) in [5, 5.41) is 3.18. The molecule has 2 aliphatic heterocycles. The van der Waals surface area contributed by atoms with Gasteiger partial charge < -0.3 is 4.74 Å². The first-order valence-electron chi connectivity index (χ1n) is 8.42. The highest BCUT2D eigenvalue weighted by atomic mass is 32.1. The largest absolute Gasteiger partial charge is 0.447 e. The highest BCUT2D eigenvalue weighted by Crippen LogP contribution is 2.33. The first-order chi connectivity index (χ1) is 11.8. The summed E-state index contributed by atoms with van der Waals surface area (Å²) in [5.41, 5.74) is 1.16. The van der Waals surface area contributed by atoms with Gasteiger partial charge in [0.25, 0.3) is 0 Å². The van der Waals surface area contributed by atoms with E-state index in [-0.39, 0.29) is 18.2 Å². The number of aromatic nitrogens is 1. The SMILES string of the molecule is O=C1OCC(c2ccccc2)N1C1CCN(Cc2nccs2)CC1. The Labute approximate surface area is 145 Å². The summed E-state index contributed by atoms with van der Waals surface area (Å²) in [7, 11) is 0. The van der Waals surface area contributed by atoms with Crippen LogP contribution in [-0.2, 0) is 11.3 Å². The Balaban J connectivity index is 1.41. The summed E-state index contributed by atoms with van der Waals surface area (Å²) in [6, 6.07) is 10.5. The van der Waals surface area contributed by atoms with E-state index in [9.17, 15) is 4.79 Å². The number of nitrogens with zero attached hydrogens (tertiary/aromatic N) is 3. The number of carbonyl (C=O) groups excluding carboxylic acids is 1. The van der Waals surface area contributed by atoms with E-state index in [1.165, 1.54) is 0 Å². The van der Waals surface area contributed by atoms with Crippen molar-refractivity contribution >= 4 is 17.4 Å². The Kier molecular flexibility index (Phi) is 4.49. The van der Waals surface area contributed by atoms with E-state index in [2.05, 4.69) is 22.0 Å². The highest BCUT2D eigenvalue weighted by Gasteiger charge is 2.40. The fraction of sp³-hybridized carbons (Fsp3) is 0.444. The van der Waals surface area contributed by atoms with Crippen LogP contribution in [0.15, 0.2) is 41.9 Å². The lowest BCUT2D eigenvalue weighted by molar-refractivity contribution is 0.104. The number of ether oxygens (including phenoxy) is 1. The minimum absolute atomic E-state index is 0.0502. The van der Waals surface area contributed by atoms with Gasteiger partial charge in [0.05, 0.1) is 12.6 Å². The van der Waals surface area contributed by atoms with Crippen LogP contribution < -0.4 is 0 Å². The summed E-state index contributed by atoms with van der Waals surface area (Å²) in [6.45, 7) is 3.37. The van der Waals surface area contributed by atoms with Crippen molar-refractivity contribution in [2.45, 2.75) is 31.5 Å². The Morgan fingerprint density at radius 3 is 2.71 bits per heavy atom. The molecule has 3 heterocycles. The van der Waals surface area contributed by atoms with Crippen molar-refractivity contribution in [1.29, 1.82) is 0 Å². The van der Waals surface area contributed by atoms with Crippen LogP contribution in [0.5, 0.6) is 0 Å². The first-order valence-corrected chi connectivity index (χ1v) is 9.30. The molecule has 2 fully saturated rings. The van der Waals surface area contributed by atoms with Crippen LogP contribution in [0.4, 0.5) is 4.79 Å². The van der Waals surface area contributed by atoms with Gasteiger partial charge >= 0.3 is 6.09 Å². The number of rotatable bonds is 4. The second-order valence-electron chi connectivity index (χ2n) is 6.34. The van der Waals surface area contributed by atoms with Crippen molar-refractivity contribution in [1.82, 2.24) is 14.8 Å². The summed E-state index contributed by atoms with van der Waals surface area (Å²) in [6.07, 6.45) is 3.67. The van der Waals surface area contributed by atoms with Crippen molar-refractivity contribution in [3.63, 3.8) is 0 Å². The second kappa shape index (κ2) is 6.91. The molecule has 6 heteroatoms. The maximum Gasteiger partial charge on any atom is 0.410 e. The van der Waals surface area contributed by atoms with Gasteiger partial charge in [-0.3, -0.25) is 9.80 Å². The molecule has 0 spiro atoms. The third-order valence-electron chi connectivity index (χ3n) is 4.89. The zero-order valence-electron chi connectivity index (χ0n) is 13.5. The predicted octanol–water partition coefficient (Wildman–Crippen LogP) is 3.30. The number of likely N-dealkylation sites (tertiary alicyclic amines) is 1. The van der Waals surface area contributed by atoms with Crippen LogP contribution in [0.3, 0.4) is 0 Å². The fourth-order valence-corrected chi connectivity index (χ4v) is 4.30. The molecule has 1 aromatic carbocycles. The Morgan fingerprint density at radius 1 is 1.21 bits per heavy atom. The molecule has 1 amide bonds. The van der Waals surface area contributed by atoms with E-state index in [1.54, 1.807) is 11.3 Å². The van der Waals surface area contributed by atoms with E-state index < -0.39 is 0 Å². The van der Waals surface area contributed by atoms with Crippen molar-refractivity contribution in [2.24, 2.45) is 0 Å². The van der Waals surface area contributed by atoms with Gasteiger partial charge in [-0.05, 0) is 18.4 Å². The molecule has 1 atom stereocenters. The third-order valence-corrected chi connectivity index (χ3v) is 5.65. The van der Waals surface area contributed by atoms with E-state index in [0.717, 1.165) is 43.0 Å². The van der Waals surface area contributed by atoms with Crippen LogP contribution in [0.25, 0.3) is 0 Å². The van der Waals surface area contributed by atoms with Crippen molar-refractivity contribution in [2.75, 3.05) is 19.7 Å². The van der Waals surface area contributed by atoms with Crippen molar-refractivity contribution < 1.29 is 9.53 Å². The standard InChI is InChI=1S/C18H21N3O2S/c22-18-21(16(13-23-18)14-4-2-1-3-5-14)15-6-9-20(10-7-15)12-17-19-8-11-24-17/h1-5,8,11,15-16H,6-7,9-10,12-13H2. The molecule has 5 nitrogen and oxygen atoms in total. The molecule has 4 rings (SSSR count). The fourth-order valence-electron chi connectivity index (χ4n) is 3.65. The van der Waals surface area contributed by atoms with Crippen LogP contribution in [0, 0.1) is 0 Å². The normalized spacial score (nSPS) is 22.8. The quantitative estimate of drug-likeness (QED) is 0.854. The molecule has 24 heavy (non-hydrogen) atoms. The molecule has 0 saturated carbocycles. The Bertz CT molecular complexity index is 669. The lowest BCUT2D eigenvalue weighted by Crippen LogP contribution is -2.45. The van der Waals surface area contributed by atoms with Gasteiger partial charge in [0.1, 0.15) is 11.6 Å². The van der Waals surface area contributed by atoms with E-state index in [4.69, 9.17) is 4.74 Å². The van der Waals surface area contributed by atoms with Crippen LogP contribution in [-0.4, -0.2) is 46.6 Å². The molecule has 126 valence electrons. The Morgan fingerprint density at radius 2 is 2.00 bits per heavy atom. The smallest absolute Gasteiger partial charge is 0.410 e. The maximum absolute atomic E-state index is 12.3. The lowest BCUT2D eigenvalue weighted by Gasteiger charge is -2.37. The minimum Gasteiger partial charge on any atom is -0.447 e. The van der Waals surface area contributed by atoms with E-state index >= 15 is 0 Å². The summed E-state index contributed by atoms with van der Waals surface area (Å²) in [4.78, 5) is 21.0. The van der Waals surface area contributed by atoms with Gasteiger partial charge in [-0.2, -0.15) is 0 Å². The average Bonchev–Trinajstić information content (AvgIpc) is 3.26. The van der Waals surface area contributed by atoms with Gasteiger partial charge in [-0.15, -0.1) is 11.3 Å². The Hall–Kier alpha value is -1.92. The molecule has 0 radical (unpaired) electrons.